The van der Waals surface area contributed by atoms with Crippen LogP contribution < -0.4 is 0 Å². The van der Waals surface area contributed by atoms with Crippen molar-refractivity contribution in [1.29, 1.82) is 0 Å². The summed E-state index contributed by atoms with van der Waals surface area (Å²) in [6, 6.07) is 15.7. The number of aromatic nitrogens is 2. The van der Waals surface area contributed by atoms with E-state index in [2.05, 4.69) is 13.2 Å². The first-order chi connectivity index (χ1) is 16.5. The molecule has 0 aliphatic carbocycles. The van der Waals surface area contributed by atoms with E-state index < -0.39 is 6.23 Å². The number of rotatable bonds is 12. The van der Waals surface area contributed by atoms with Crippen LogP contribution in [0.1, 0.15) is 53.7 Å². The van der Waals surface area contributed by atoms with Crippen molar-refractivity contribution >= 4 is 5.57 Å². The summed E-state index contributed by atoms with van der Waals surface area (Å²) in [7, 11) is 1.90. The summed E-state index contributed by atoms with van der Waals surface area (Å²) in [6.45, 7) is 10.5. The number of aliphatic hydroxyl groups excluding tert-OH is 2. The first-order valence-corrected chi connectivity index (χ1v) is 11.7. The molecule has 2 aromatic rings. The Morgan fingerprint density at radius 1 is 1.09 bits per heavy atom. The maximum atomic E-state index is 11.1. The second kappa shape index (κ2) is 14.9. The van der Waals surface area contributed by atoms with Crippen molar-refractivity contribution in [3.05, 3.63) is 114 Å². The molecular formula is C29H37N3O2. The van der Waals surface area contributed by atoms with E-state index in [-0.39, 0.29) is 6.61 Å². The fraction of sp³-hybridized carbons (Fsp3) is 0.310. The molecule has 2 rings (SSSR count). The quantitative estimate of drug-likeness (QED) is 0.249. The van der Waals surface area contributed by atoms with Gasteiger partial charge in [0.25, 0.3) is 0 Å². The van der Waals surface area contributed by atoms with E-state index in [1.165, 1.54) is 0 Å². The SMILES string of the molecule is C=C/C=C(\C=C)c1ncccc(C(O)N(C)Cc2ccccc2)cc(C)nc1CCCCCO. The topological polar surface area (TPSA) is 69.5 Å². The van der Waals surface area contributed by atoms with E-state index in [4.69, 9.17) is 15.1 Å². The number of aryl methyl sites for hydroxylation is 2. The number of hydrogen-bond donors (Lipinski definition) is 2. The molecule has 1 unspecified atom stereocenters. The smallest absolute Gasteiger partial charge is 0.133 e. The molecule has 2 N–H and O–H groups in total. The molecule has 1 aromatic heterocycles. The van der Waals surface area contributed by atoms with E-state index in [9.17, 15) is 5.11 Å². The highest BCUT2D eigenvalue weighted by Gasteiger charge is 2.14. The van der Waals surface area contributed by atoms with Crippen molar-refractivity contribution in [3.8, 4) is 0 Å². The Hall–Kier alpha value is -3.12. The van der Waals surface area contributed by atoms with Gasteiger partial charge < -0.3 is 10.2 Å². The Morgan fingerprint density at radius 2 is 1.85 bits per heavy atom. The van der Waals surface area contributed by atoms with E-state index in [1.807, 2.05) is 73.5 Å². The number of hydrogen-bond acceptors (Lipinski definition) is 5. The summed E-state index contributed by atoms with van der Waals surface area (Å²) in [5, 5.41) is 20.2. The lowest BCUT2D eigenvalue weighted by molar-refractivity contribution is 0.0152. The minimum Gasteiger partial charge on any atom is -0.396 e. The average Bonchev–Trinajstić information content (AvgIpc) is 2.84. The van der Waals surface area contributed by atoms with Crippen LogP contribution in [0, 0.1) is 6.92 Å². The molecule has 0 bridgehead atoms. The van der Waals surface area contributed by atoms with Crippen molar-refractivity contribution in [2.75, 3.05) is 13.7 Å². The van der Waals surface area contributed by atoms with Gasteiger partial charge in [0.15, 0.2) is 0 Å². The molecule has 5 nitrogen and oxygen atoms in total. The molecule has 0 fully saturated rings. The highest BCUT2D eigenvalue weighted by molar-refractivity contribution is 5.73. The lowest BCUT2D eigenvalue weighted by Gasteiger charge is -2.23. The van der Waals surface area contributed by atoms with E-state index >= 15 is 0 Å². The molecule has 5 heteroatoms. The van der Waals surface area contributed by atoms with Crippen LogP contribution in [-0.2, 0) is 13.0 Å². The maximum Gasteiger partial charge on any atom is 0.133 e. The third-order valence-electron chi connectivity index (χ3n) is 5.39. The van der Waals surface area contributed by atoms with Gasteiger partial charge in [-0.3, -0.25) is 14.9 Å². The summed E-state index contributed by atoms with van der Waals surface area (Å²) >= 11 is 0. The van der Waals surface area contributed by atoms with Crippen LogP contribution in [-0.4, -0.2) is 38.7 Å². The molecule has 180 valence electrons. The minimum atomic E-state index is -0.796. The minimum absolute atomic E-state index is 0.186. The second-order valence-corrected chi connectivity index (χ2v) is 8.20. The third kappa shape index (κ3) is 8.67. The van der Waals surface area contributed by atoms with Crippen LogP contribution in [0.4, 0.5) is 0 Å². The molecule has 0 saturated carbocycles. The summed E-state index contributed by atoms with van der Waals surface area (Å²) in [5.41, 5.74) is 5.09. The second-order valence-electron chi connectivity index (χ2n) is 8.20. The molecule has 0 spiro atoms. The van der Waals surface area contributed by atoms with Crippen LogP contribution in [0.5, 0.6) is 0 Å². The summed E-state index contributed by atoms with van der Waals surface area (Å²) < 4.78 is 0. The largest absolute Gasteiger partial charge is 0.396 e. The standard InChI is InChI=1S/C29H37N3O2/c1-5-14-25(6-2)28-27(18-11-8-12-20-33)31-23(3)21-26(17-13-19-30-28)29(34)32(4)22-24-15-9-7-10-16-24/h5-7,9-10,13-17,19,21,29,33-34H,1-2,8,11-12,18,20,22H2,3-4H3/b17-13?,19-13?,23-21?,25-14+,26-17?,26-21?,28-27?,30-19?,30-28?,31-23?,31-27?. The molecule has 34 heavy (non-hydrogen) atoms. The fourth-order valence-corrected chi connectivity index (χ4v) is 3.67. The van der Waals surface area contributed by atoms with Crippen molar-refractivity contribution in [1.82, 2.24) is 14.9 Å². The molecule has 0 saturated heterocycles. The fourth-order valence-electron chi connectivity index (χ4n) is 3.67. The number of benzene rings is 1. The van der Waals surface area contributed by atoms with Gasteiger partial charge in [-0.15, -0.1) is 0 Å². The maximum absolute atomic E-state index is 11.1. The van der Waals surface area contributed by atoms with Gasteiger partial charge in [0, 0.05) is 30.6 Å². The zero-order valence-corrected chi connectivity index (χ0v) is 20.4. The van der Waals surface area contributed by atoms with Gasteiger partial charge in [0.2, 0.25) is 0 Å². The average molecular weight is 460 g/mol. The summed E-state index contributed by atoms with van der Waals surface area (Å²) in [6.07, 6.45) is 9.54. The van der Waals surface area contributed by atoms with Gasteiger partial charge in [-0.25, -0.2) is 0 Å². The molecule has 1 atom stereocenters. The van der Waals surface area contributed by atoms with E-state index in [0.717, 1.165) is 59.5 Å². The van der Waals surface area contributed by atoms with E-state index in [1.54, 1.807) is 18.3 Å². The van der Waals surface area contributed by atoms with Crippen molar-refractivity contribution < 1.29 is 10.2 Å². The van der Waals surface area contributed by atoms with Crippen LogP contribution >= 0.6 is 0 Å². The number of aliphatic hydroxyl groups is 2. The number of nitrogens with zero attached hydrogens (tertiary/aromatic N) is 3. The van der Waals surface area contributed by atoms with Crippen molar-refractivity contribution in [3.63, 3.8) is 0 Å². The molecule has 0 radical (unpaired) electrons. The molecule has 1 heterocycles. The monoisotopic (exact) mass is 459 g/mol. The number of allylic oxidation sites excluding steroid dienone is 4. The van der Waals surface area contributed by atoms with Crippen LogP contribution in [0.2, 0.25) is 0 Å². The van der Waals surface area contributed by atoms with Crippen LogP contribution in [0.3, 0.4) is 0 Å². The highest BCUT2D eigenvalue weighted by atomic mass is 16.3. The lowest BCUT2D eigenvalue weighted by atomic mass is 10.0. The zero-order chi connectivity index (χ0) is 24.8. The summed E-state index contributed by atoms with van der Waals surface area (Å²) in [5.74, 6) is 0. The first-order valence-electron chi connectivity index (χ1n) is 11.7. The van der Waals surface area contributed by atoms with Gasteiger partial charge in [0.1, 0.15) is 6.23 Å². The van der Waals surface area contributed by atoms with Crippen LogP contribution in [0.15, 0.2) is 86.1 Å². The van der Waals surface area contributed by atoms with Crippen molar-refractivity contribution in [2.45, 2.75) is 45.4 Å². The Labute approximate surface area is 204 Å². The zero-order valence-electron chi connectivity index (χ0n) is 20.4. The normalized spacial score (nSPS) is 12.2. The Kier molecular flexibility index (Phi) is 11.9. The van der Waals surface area contributed by atoms with Crippen LogP contribution in [0.25, 0.3) is 5.57 Å². The molecule has 0 aliphatic heterocycles. The summed E-state index contributed by atoms with van der Waals surface area (Å²) in [4.78, 5) is 11.5. The number of unbranched alkanes of at least 4 members (excludes halogenated alkanes) is 2. The highest BCUT2D eigenvalue weighted by Crippen LogP contribution is 2.20. The van der Waals surface area contributed by atoms with E-state index in [0.29, 0.717) is 6.54 Å². The molecular weight excluding hydrogens is 422 g/mol. The van der Waals surface area contributed by atoms with Crippen molar-refractivity contribution in [2.24, 2.45) is 0 Å². The van der Waals surface area contributed by atoms with Gasteiger partial charge in [-0.05, 0) is 56.5 Å². The third-order valence-corrected chi connectivity index (χ3v) is 5.39. The predicted octanol–water partition coefficient (Wildman–Crippen LogP) is 5.49. The predicted molar refractivity (Wildman–Crippen MR) is 140 cm³/mol. The van der Waals surface area contributed by atoms with Gasteiger partial charge in [-0.1, -0.05) is 74.2 Å². The molecule has 0 amide bonds. The molecule has 0 aliphatic rings. The van der Waals surface area contributed by atoms with Gasteiger partial charge in [0.05, 0.1) is 11.4 Å². The van der Waals surface area contributed by atoms with Gasteiger partial charge >= 0.3 is 0 Å². The Morgan fingerprint density at radius 3 is 2.53 bits per heavy atom. The Balaban J connectivity index is 2.48. The van der Waals surface area contributed by atoms with Gasteiger partial charge in [-0.2, -0.15) is 0 Å². The first kappa shape index (κ1) is 27.1. The lowest BCUT2D eigenvalue weighted by Crippen LogP contribution is -2.23. The molecule has 1 aromatic carbocycles. The Bertz CT molecular complexity index is 1020.